The number of rotatable bonds is 4. The molecule has 3 N–H and O–H groups in total. The molecule has 2 amide bonds. The molecule has 2 saturated heterocycles. The Morgan fingerprint density at radius 1 is 1.03 bits per heavy atom. The molecule has 2 atom stereocenters. The summed E-state index contributed by atoms with van der Waals surface area (Å²) in [7, 11) is 0. The molecule has 2 heterocycles. The van der Waals surface area contributed by atoms with Crippen molar-refractivity contribution in [1.29, 1.82) is 0 Å². The Morgan fingerprint density at radius 3 is 2.06 bits per heavy atom. The Morgan fingerprint density at radius 2 is 1.59 bits per heavy atom. The van der Waals surface area contributed by atoms with E-state index in [4.69, 9.17) is 0 Å². The summed E-state index contributed by atoms with van der Waals surface area (Å²) in [4.78, 5) is 26.4. The third-order valence-electron chi connectivity index (χ3n) is 5.73. The lowest BCUT2D eigenvalue weighted by Crippen LogP contribution is -2.48. The number of amides is 2. The van der Waals surface area contributed by atoms with Gasteiger partial charge in [0.2, 0.25) is 5.91 Å². The van der Waals surface area contributed by atoms with Gasteiger partial charge in [0.15, 0.2) is 0 Å². The topological polar surface area (TPSA) is 81.7 Å². The number of halogens is 6. The van der Waals surface area contributed by atoms with Crippen molar-refractivity contribution in [3.05, 3.63) is 34.9 Å². The first kappa shape index (κ1) is 24.3. The normalized spacial score (nSPS) is 22.8. The number of nitrogens with one attached hydrogen (secondary N) is 2. The Balaban J connectivity index is 1.56. The molecule has 3 rings (SSSR count). The molecule has 2 fully saturated rings. The van der Waals surface area contributed by atoms with E-state index >= 15 is 0 Å². The van der Waals surface area contributed by atoms with E-state index in [0.29, 0.717) is 51.0 Å². The molecule has 1 aromatic rings. The number of benzene rings is 1. The second-order valence-electron chi connectivity index (χ2n) is 8.12. The number of hydrogen-bond acceptors (Lipinski definition) is 4. The molecule has 12 heteroatoms. The molecule has 2 aliphatic heterocycles. The number of likely N-dealkylation sites (tertiary alicyclic amines) is 1. The van der Waals surface area contributed by atoms with Gasteiger partial charge in [-0.25, -0.2) is 0 Å². The van der Waals surface area contributed by atoms with Crippen molar-refractivity contribution in [3.8, 4) is 0 Å². The molecule has 0 aromatic heterocycles. The highest BCUT2D eigenvalue weighted by Gasteiger charge is 2.38. The van der Waals surface area contributed by atoms with E-state index in [1.807, 2.05) is 0 Å². The summed E-state index contributed by atoms with van der Waals surface area (Å²) in [6.45, 7) is 1.24. The second kappa shape index (κ2) is 9.26. The minimum Gasteiger partial charge on any atom is -0.392 e. The molecule has 0 radical (unpaired) electrons. The van der Waals surface area contributed by atoms with Crippen LogP contribution >= 0.6 is 0 Å². The lowest BCUT2D eigenvalue weighted by atomic mass is 9.96. The predicted molar refractivity (Wildman–Crippen MR) is 100 cm³/mol. The zero-order valence-electron chi connectivity index (χ0n) is 16.9. The van der Waals surface area contributed by atoms with Crippen LogP contribution in [0.5, 0.6) is 0 Å². The number of aliphatic hydroxyl groups is 1. The van der Waals surface area contributed by atoms with Crippen LogP contribution in [0.4, 0.5) is 26.3 Å². The predicted octanol–water partition coefficient (Wildman–Crippen LogP) is 2.42. The molecule has 0 aliphatic carbocycles. The average Bonchev–Trinajstić information content (AvgIpc) is 3.16. The van der Waals surface area contributed by atoms with Gasteiger partial charge in [-0.3, -0.25) is 9.59 Å². The Hall–Kier alpha value is -2.34. The van der Waals surface area contributed by atoms with E-state index in [1.165, 1.54) is 0 Å². The van der Waals surface area contributed by atoms with Crippen LogP contribution in [0.25, 0.3) is 0 Å². The number of nitrogens with zero attached hydrogens (tertiary/aromatic N) is 1. The van der Waals surface area contributed by atoms with E-state index < -0.39 is 47.1 Å². The molecule has 6 nitrogen and oxygen atoms in total. The molecule has 0 bridgehead atoms. The standard InChI is InChI=1S/C20H23F6N3O3/c21-19(22,23)13-5-12(6-14(7-13)20(24,25)26)17(31)28-9-11-1-3-29(4-2-11)18(32)16-8-15(30)10-27-16/h5-7,11,15-16,27,30H,1-4,8-10H2,(H,28,31)/t15-,16-/m1/s1. The first-order valence-electron chi connectivity index (χ1n) is 10.1. The van der Waals surface area contributed by atoms with E-state index in [1.54, 1.807) is 4.90 Å². The van der Waals surface area contributed by atoms with E-state index in [9.17, 15) is 41.0 Å². The maximum Gasteiger partial charge on any atom is 0.416 e. The zero-order chi connectivity index (χ0) is 23.7. The highest BCUT2D eigenvalue weighted by molar-refractivity contribution is 5.94. The number of carbonyl (C=O) groups excluding carboxylic acids is 2. The minimum atomic E-state index is -5.03. The van der Waals surface area contributed by atoms with Gasteiger partial charge in [0, 0.05) is 31.7 Å². The van der Waals surface area contributed by atoms with Crippen LogP contribution in [0, 0.1) is 5.92 Å². The molecule has 2 aliphatic rings. The van der Waals surface area contributed by atoms with Gasteiger partial charge in [-0.05, 0) is 43.4 Å². The van der Waals surface area contributed by atoms with Gasteiger partial charge in [0.1, 0.15) is 0 Å². The summed E-state index contributed by atoms with van der Waals surface area (Å²) in [5.74, 6) is -1.21. The third kappa shape index (κ3) is 5.91. The number of piperidine rings is 1. The number of alkyl halides is 6. The monoisotopic (exact) mass is 467 g/mol. The molecule has 0 saturated carbocycles. The SMILES string of the molecule is O=C(NCC1CCN(C(=O)[C@H]2C[C@@H](O)CN2)CC1)c1cc(C(F)(F)F)cc(C(F)(F)F)c1. The summed E-state index contributed by atoms with van der Waals surface area (Å²) < 4.78 is 77.8. The van der Waals surface area contributed by atoms with E-state index in [0.717, 1.165) is 0 Å². The van der Waals surface area contributed by atoms with Crippen molar-refractivity contribution < 1.29 is 41.0 Å². The van der Waals surface area contributed by atoms with Crippen LogP contribution in [-0.4, -0.2) is 60.1 Å². The van der Waals surface area contributed by atoms with Crippen LogP contribution < -0.4 is 10.6 Å². The fourth-order valence-electron chi connectivity index (χ4n) is 3.91. The van der Waals surface area contributed by atoms with Crippen LogP contribution in [0.1, 0.15) is 40.7 Å². The number of aliphatic hydroxyl groups excluding tert-OH is 1. The lowest BCUT2D eigenvalue weighted by Gasteiger charge is -2.33. The van der Waals surface area contributed by atoms with Gasteiger partial charge in [0.05, 0.1) is 23.3 Å². The van der Waals surface area contributed by atoms with Crippen molar-refractivity contribution in [2.24, 2.45) is 5.92 Å². The quantitative estimate of drug-likeness (QED) is 0.595. The largest absolute Gasteiger partial charge is 0.416 e. The minimum absolute atomic E-state index is 0.0261. The summed E-state index contributed by atoms with van der Waals surface area (Å²) in [6.07, 6.45) is -9.23. The van der Waals surface area contributed by atoms with Gasteiger partial charge < -0.3 is 20.6 Å². The molecule has 0 unspecified atom stereocenters. The first-order valence-corrected chi connectivity index (χ1v) is 10.1. The van der Waals surface area contributed by atoms with Crippen LogP contribution in [-0.2, 0) is 17.1 Å². The fraction of sp³-hybridized carbons (Fsp3) is 0.600. The summed E-state index contributed by atoms with van der Waals surface area (Å²) >= 11 is 0. The van der Waals surface area contributed by atoms with Crippen LogP contribution in [0.3, 0.4) is 0 Å². The van der Waals surface area contributed by atoms with Crippen molar-refractivity contribution >= 4 is 11.8 Å². The molecule has 32 heavy (non-hydrogen) atoms. The molecule has 1 aromatic carbocycles. The van der Waals surface area contributed by atoms with Crippen molar-refractivity contribution in [1.82, 2.24) is 15.5 Å². The van der Waals surface area contributed by atoms with Gasteiger partial charge in [0.25, 0.3) is 5.91 Å². The van der Waals surface area contributed by atoms with Gasteiger partial charge in [-0.2, -0.15) is 26.3 Å². The van der Waals surface area contributed by atoms with Crippen LogP contribution in [0.15, 0.2) is 18.2 Å². The number of carbonyl (C=O) groups is 2. The lowest BCUT2D eigenvalue weighted by molar-refractivity contribution is -0.143. The number of hydrogen-bond donors (Lipinski definition) is 3. The Kier molecular flexibility index (Phi) is 7.03. The molecular weight excluding hydrogens is 444 g/mol. The number of β-amino-alcohol motifs (C(OH)–C–C–N with tert-alkyl or cyclic N) is 1. The fourth-order valence-corrected chi connectivity index (χ4v) is 3.91. The van der Waals surface area contributed by atoms with Gasteiger partial charge in [-0.15, -0.1) is 0 Å². The van der Waals surface area contributed by atoms with Gasteiger partial charge >= 0.3 is 12.4 Å². The van der Waals surface area contributed by atoms with Crippen LogP contribution in [0.2, 0.25) is 0 Å². The Labute approximate surface area is 179 Å². The van der Waals surface area contributed by atoms with Crippen molar-refractivity contribution in [2.45, 2.75) is 43.8 Å². The highest BCUT2D eigenvalue weighted by Crippen LogP contribution is 2.36. The summed E-state index contributed by atoms with van der Waals surface area (Å²) in [5, 5.41) is 14.9. The van der Waals surface area contributed by atoms with Crippen molar-refractivity contribution in [2.75, 3.05) is 26.2 Å². The molecule has 178 valence electrons. The summed E-state index contributed by atoms with van der Waals surface area (Å²) in [5.41, 5.74) is -3.81. The average molecular weight is 467 g/mol. The van der Waals surface area contributed by atoms with E-state index in [-0.39, 0.29) is 24.4 Å². The zero-order valence-corrected chi connectivity index (χ0v) is 16.9. The van der Waals surface area contributed by atoms with Gasteiger partial charge in [-0.1, -0.05) is 0 Å². The Bertz CT molecular complexity index is 818. The third-order valence-corrected chi connectivity index (χ3v) is 5.73. The smallest absolute Gasteiger partial charge is 0.392 e. The van der Waals surface area contributed by atoms with E-state index in [2.05, 4.69) is 10.6 Å². The molecule has 0 spiro atoms. The molecular formula is C20H23F6N3O3. The first-order chi connectivity index (χ1) is 14.8. The maximum absolute atomic E-state index is 13.0. The summed E-state index contributed by atoms with van der Waals surface area (Å²) in [6, 6.07) is 0.329. The second-order valence-corrected chi connectivity index (χ2v) is 8.12. The maximum atomic E-state index is 13.0. The van der Waals surface area contributed by atoms with Crippen molar-refractivity contribution in [3.63, 3.8) is 0 Å². The highest BCUT2D eigenvalue weighted by atomic mass is 19.4.